The van der Waals surface area contributed by atoms with Crippen molar-refractivity contribution in [2.24, 2.45) is 0 Å². The minimum absolute atomic E-state index is 0.0327. The number of aliphatic carboxylic acids is 1. The van der Waals surface area contributed by atoms with Gasteiger partial charge in [0.15, 0.2) is 5.16 Å². The van der Waals surface area contributed by atoms with E-state index in [-0.39, 0.29) is 5.75 Å². The van der Waals surface area contributed by atoms with Gasteiger partial charge in [-0.05, 0) is 25.0 Å². The van der Waals surface area contributed by atoms with Crippen LogP contribution in [0, 0.1) is 0 Å². The molecule has 2 aromatic rings. The number of rotatable bonds is 7. The quantitative estimate of drug-likeness (QED) is 0.788. The molecule has 0 radical (unpaired) electrons. The maximum absolute atomic E-state index is 10.7. The first kappa shape index (κ1) is 15.4. The summed E-state index contributed by atoms with van der Waals surface area (Å²) in [5, 5.41) is 9.54. The third-order valence-electron chi connectivity index (χ3n) is 2.80. The lowest BCUT2D eigenvalue weighted by Gasteiger charge is -2.09. The summed E-state index contributed by atoms with van der Waals surface area (Å²) in [4.78, 5) is 16.2. The molecule has 0 amide bonds. The highest BCUT2D eigenvalue weighted by Crippen LogP contribution is 2.24. The molecule has 0 unspecified atom stereocenters. The lowest BCUT2D eigenvalue weighted by atomic mass is 10.3. The number of halogens is 1. The molecule has 0 aliphatic rings. The Morgan fingerprint density at radius 3 is 2.95 bits per heavy atom. The molecule has 20 heavy (non-hydrogen) atoms. The smallest absolute Gasteiger partial charge is 0.313 e. The van der Waals surface area contributed by atoms with Gasteiger partial charge in [0.05, 0.1) is 10.1 Å². The maximum Gasteiger partial charge on any atom is 0.313 e. The highest BCUT2D eigenvalue weighted by Gasteiger charge is 2.11. The summed E-state index contributed by atoms with van der Waals surface area (Å²) in [5.74, 6) is -0.794. The molecule has 2 rings (SSSR count). The van der Waals surface area contributed by atoms with Gasteiger partial charge in [-0.3, -0.25) is 4.79 Å². The predicted molar refractivity (Wildman–Crippen MR) is 83.0 cm³/mol. The van der Waals surface area contributed by atoms with Crippen LogP contribution in [-0.2, 0) is 24.2 Å². The Balaban J connectivity index is 2.07. The normalized spacial score (nSPS) is 10.9. The van der Waals surface area contributed by atoms with Crippen LogP contribution in [0.3, 0.4) is 0 Å². The highest BCUT2D eigenvalue weighted by molar-refractivity contribution is 7.99. The van der Waals surface area contributed by atoms with Gasteiger partial charge in [-0.25, -0.2) is 4.98 Å². The third-order valence-corrected chi connectivity index (χ3v) is 5.07. The van der Waals surface area contributed by atoms with Gasteiger partial charge in [0.1, 0.15) is 0 Å². The Morgan fingerprint density at radius 2 is 2.35 bits per heavy atom. The Bertz CT molecular complexity index is 595. The van der Waals surface area contributed by atoms with Crippen molar-refractivity contribution in [3.63, 3.8) is 0 Å². The van der Waals surface area contributed by atoms with Gasteiger partial charge in [-0.2, -0.15) is 0 Å². The van der Waals surface area contributed by atoms with Gasteiger partial charge in [0, 0.05) is 23.3 Å². The summed E-state index contributed by atoms with van der Waals surface area (Å²) in [6, 6.07) is 3.93. The molecule has 2 aromatic heterocycles. The van der Waals surface area contributed by atoms with Crippen LogP contribution in [0.1, 0.15) is 17.5 Å². The molecule has 0 fully saturated rings. The minimum Gasteiger partial charge on any atom is -0.481 e. The second kappa shape index (κ2) is 7.15. The van der Waals surface area contributed by atoms with Crippen LogP contribution in [-0.4, -0.2) is 26.4 Å². The Kier molecular flexibility index (Phi) is 5.51. The number of nitrogens with zero attached hydrogens (tertiary/aromatic N) is 2. The molecule has 0 spiro atoms. The van der Waals surface area contributed by atoms with E-state index in [1.807, 2.05) is 18.3 Å². The van der Waals surface area contributed by atoms with Crippen molar-refractivity contribution in [3.8, 4) is 0 Å². The molecule has 0 saturated carbocycles. The molecule has 0 bridgehead atoms. The summed E-state index contributed by atoms with van der Waals surface area (Å²) in [7, 11) is 0. The lowest BCUT2D eigenvalue weighted by molar-refractivity contribution is -0.133. The van der Waals surface area contributed by atoms with Gasteiger partial charge in [-0.15, -0.1) is 11.3 Å². The van der Waals surface area contributed by atoms with Crippen LogP contribution >= 0.6 is 34.7 Å². The first-order valence-electron chi connectivity index (χ1n) is 6.23. The minimum atomic E-state index is -0.826. The number of hydrogen-bond donors (Lipinski definition) is 1. The van der Waals surface area contributed by atoms with E-state index in [4.69, 9.17) is 16.7 Å². The molecule has 108 valence electrons. The van der Waals surface area contributed by atoms with Gasteiger partial charge >= 0.3 is 5.97 Å². The first-order valence-corrected chi connectivity index (χ1v) is 8.41. The fraction of sp³-hybridized carbons (Fsp3) is 0.385. The zero-order chi connectivity index (χ0) is 14.5. The Morgan fingerprint density at radius 1 is 1.55 bits per heavy atom. The van der Waals surface area contributed by atoms with Crippen LogP contribution in [0.15, 0.2) is 23.5 Å². The van der Waals surface area contributed by atoms with Crippen molar-refractivity contribution in [2.75, 3.05) is 5.75 Å². The second-order valence-electron chi connectivity index (χ2n) is 4.18. The van der Waals surface area contributed by atoms with Crippen molar-refractivity contribution >= 4 is 40.7 Å². The number of hydrogen-bond acceptors (Lipinski definition) is 4. The molecular weight excluding hydrogens is 316 g/mol. The SMILES string of the molecule is CCc1cnc(SCC(=O)O)n1CCc1ccc(Cl)s1. The lowest BCUT2D eigenvalue weighted by Crippen LogP contribution is -2.07. The third kappa shape index (κ3) is 4.01. The number of carboxylic acid groups (broad SMARTS) is 1. The molecule has 0 aromatic carbocycles. The largest absolute Gasteiger partial charge is 0.481 e. The van der Waals surface area contributed by atoms with Crippen molar-refractivity contribution < 1.29 is 9.90 Å². The zero-order valence-electron chi connectivity index (χ0n) is 11.0. The van der Waals surface area contributed by atoms with Crippen LogP contribution < -0.4 is 0 Å². The van der Waals surface area contributed by atoms with Crippen LogP contribution in [0.4, 0.5) is 0 Å². The van der Waals surface area contributed by atoms with E-state index in [0.29, 0.717) is 0 Å². The Hall–Kier alpha value is -0.980. The number of carboxylic acids is 1. The van der Waals surface area contributed by atoms with E-state index in [1.165, 1.54) is 16.6 Å². The van der Waals surface area contributed by atoms with Gasteiger partial charge in [-0.1, -0.05) is 30.3 Å². The molecule has 4 nitrogen and oxygen atoms in total. The molecule has 7 heteroatoms. The summed E-state index contributed by atoms with van der Waals surface area (Å²) < 4.78 is 2.89. The molecule has 2 heterocycles. The fourth-order valence-corrected chi connectivity index (χ4v) is 3.68. The maximum atomic E-state index is 10.7. The molecule has 0 atom stereocenters. The molecule has 0 saturated heterocycles. The van der Waals surface area contributed by atoms with E-state index < -0.39 is 5.97 Å². The molecule has 0 aliphatic heterocycles. The van der Waals surface area contributed by atoms with Crippen molar-refractivity contribution in [3.05, 3.63) is 33.2 Å². The monoisotopic (exact) mass is 330 g/mol. The van der Waals surface area contributed by atoms with Crippen LogP contribution in [0.5, 0.6) is 0 Å². The average molecular weight is 331 g/mol. The van der Waals surface area contributed by atoms with E-state index >= 15 is 0 Å². The van der Waals surface area contributed by atoms with Crippen molar-refractivity contribution in [1.29, 1.82) is 0 Å². The van der Waals surface area contributed by atoms with Gasteiger partial charge in [0.25, 0.3) is 0 Å². The summed E-state index contributed by atoms with van der Waals surface area (Å²) in [6.45, 7) is 2.86. The van der Waals surface area contributed by atoms with E-state index in [0.717, 1.165) is 34.6 Å². The van der Waals surface area contributed by atoms with E-state index in [1.54, 1.807) is 11.3 Å². The predicted octanol–water partition coefficient (Wildman–Crippen LogP) is 3.58. The fourth-order valence-electron chi connectivity index (χ4n) is 1.86. The summed E-state index contributed by atoms with van der Waals surface area (Å²) in [6.07, 6.45) is 3.58. The Labute approximate surface area is 130 Å². The number of thiophene rings is 1. The summed E-state index contributed by atoms with van der Waals surface area (Å²) in [5.41, 5.74) is 1.13. The van der Waals surface area contributed by atoms with Crippen molar-refractivity contribution in [1.82, 2.24) is 9.55 Å². The second-order valence-corrected chi connectivity index (χ2v) is 6.92. The van der Waals surface area contributed by atoms with Crippen molar-refractivity contribution in [2.45, 2.75) is 31.5 Å². The molecular formula is C13H15ClN2O2S2. The topological polar surface area (TPSA) is 55.1 Å². The van der Waals surface area contributed by atoms with Crippen LogP contribution in [0.25, 0.3) is 0 Å². The zero-order valence-corrected chi connectivity index (χ0v) is 13.4. The molecule has 1 N–H and O–H groups in total. The number of aromatic nitrogens is 2. The number of imidazole rings is 1. The molecule has 0 aliphatic carbocycles. The van der Waals surface area contributed by atoms with Crippen LogP contribution in [0.2, 0.25) is 4.34 Å². The number of aryl methyl sites for hydroxylation is 2. The highest BCUT2D eigenvalue weighted by atomic mass is 35.5. The average Bonchev–Trinajstić information content (AvgIpc) is 2.99. The van der Waals surface area contributed by atoms with Gasteiger partial charge in [0.2, 0.25) is 0 Å². The first-order chi connectivity index (χ1) is 9.60. The van der Waals surface area contributed by atoms with E-state index in [9.17, 15) is 4.79 Å². The van der Waals surface area contributed by atoms with E-state index in [2.05, 4.69) is 16.5 Å². The van der Waals surface area contributed by atoms with Gasteiger partial charge < -0.3 is 9.67 Å². The summed E-state index contributed by atoms with van der Waals surface area (Å²) >= 11 is 8.76. The number of carbonyl (C=O) groups is 1. The number of thioether (sulfide) groups is 1. The standard InChI is InChI=1S/C13H15ClN2O2S2/c1-2-9-7-15-13(19-8-12(17)18)16(9)6-5-10-3-4-11(14)20-10/h3-4,7H,2,5-6,8H2,1H3,(H,17,18).